The van der Waals surface area contributed by atoms with Crippen LogP contribution < -0.4 is 4.74 Å². The van der Waals surface area contributed by atoms with E-state index in [1.165, 1.54) is 29.5 Å². The highest BCUT2D eigenvalue weighted by Crippen LogP contribution is 2.39. The number of piperidine rings is 1. The molecule has 1 saturated carbocycles. The van der Waals surface area contributed by atoms with Crippen LogP contribution in [-0.4, -0.2) is 45.1 Å². The maximum atomic E-state index is 13.3. The molecule has 1 amide bonds. The lowest BCUT2D eigenvalue weighted by Gasteiger charge is -2.31. The van der Waals surface area contributed by atoms with Gasteiger partial charge < -0.3 is 18.8 Å². The third-order valence-electron chi connectivity index (χ3n) is 7.21. The number of aryl methyl sites for hydroxylation is 1. The number of aromatic nitrogens is 3. The zero-order valence-corrected chi connectivity index (χ0v) is 20.3. The molecule has 172 valence electrons. The lowest BCUT2D eigenvalue weighted by atomic mass is 9.99. The van der Waals surface area contributed by atoms with Crippen molar-refractivity contribution in [2.24, 2.45) is 18.9 Å². The van der Waals surface area contributed by atoms with E-state index in [2.05, 4.69) is 33.6 Å². The molecule has 0 spiro atoms. The molecule has 0 unspecified atom stereocenters. The molecule has 1 saturated heterocycles. The summed E-state index contributed by atoms with van der Waals surface area (Å²) in [6, 6.07) is 8.27. The molecule has 1 aromatic carbocycles. The highest BCUT2D eigenvalue weighted by molar-refractivity contribution is 7.16. The lowest BCUT2D eigenvalue weighted by Crippen LogP contribution is -2.39. The Morgan fingerprint density at radius 2 is 2.09 bits per heavy atom. The molecule has 1 aliphatic carbocycles. The Morgan fingerprint density at radius 3 is 2.85 bits per heavy atom. The van der Waals surface area contributed by atoms with E-state index in [-0.39, 0.29) is 5.91 Å². The van der Waals surface area contributed by atoms with E-state index in [0.29, 0.717) is 17.2 Å². The second-order valence-corrected chi connectivity index (χ2v) is 10.7. The molecule has 0 radical (unpaired) electrons. The first-order valence-corrected chi connectivity index (χ1v) is 12.8. The molecule has 6 rings (SSSR count). The van der Waals surface area contributed by atoms with Gasteiger partial charge in [-0.2, -0.15) is 0 Å². The summed E-state index contributed by atoms with van der Waals surface area (Å²) in [5.41, 5.74) is 3.54. The fourth-order valence-corrected chi connectivity index (χ4v) is 6.18. The van der Waals surface area contributed by atoms with Crippen LogP contribution in [0.3, 0.4) is 0 Å². The van der Waals surface area contributed by atoms with Gasteiger partial charge in [-0.05, 0) is 67.2 Å². The van der Waals surface area contributed by atoms with Crippen LogP contribution in [0.5, 0.6) is 5.75 Å². The Balaban J connectivity index is 1.46. The zero-order chi connectivity index (χ0) is 22.7. The third-order valence-corrected chi connectivity index (χ3v) is 8.17. The summed E-state index contributed by atoms with van der Waals surface area (Å²) in [7, 11) is 3.72. The predicted molar refractivity (Wildman–Crippen MR) is 133 cm³/mol. The summed E-state index contributed by atoms with van der Waals surface area (Å²) in [6.45, 7) is 4.90. The topological polar surface area (TPSA) is 52.3 Å². The van der Waals surface area contributed by atoms with E-state index < -0.39 is 0 Å². The molecule has 6 nitrogen and oxygen atoms in total. The first-order chi connectivity index (χ1) is 16.0. The van der Waals surface area contributed by atoms with Gasteiger partial charge in [-0.3, -0.25) is 4.79 Å². The first kappa shape index (κ1) is 20.8. The number of hydrogen-bond acceptors (Lipinski definition) is 4. The van der Waals surface area contributed by atoms with E-state index in [9.17, 15) is 4.79 Å². The molecule has 1 atom stereocenters. The van der Waals surface area contributed by atoms with Crippen molar-refractivity contribution in [1.29, 1.82) is 0 Å². The number of nitrogens with zero attached hydrogens (tertiary/aromatic N) is 4. The van der Waals surface area contributed by atoms with E-state index in [1.807, 2.05) is 24.1 Å². The van der Waals surface area contributed by atoms with Crippen molar-refractivity contribution in [2.45, 2.75) is 39.2 Å². The maximum Gasteiger partial charge on any atom is 0.254 e. The second kappa shape index (κ2) is 7.90. The van der Waals surface area contributed by atoms with Crippen molar-refractivity contribution in [3.63, 3.8) is 0 Å². The number of thiophene rings is 1. The smallest absolute Gasteiger partial charge is 0.254 e. The Bertz CT molecular complexity index is 1360. The fraction of sp³-hybridized carbons (Fsp3) is 0.462. The van der Waals surface area contributed by atoms with E-state index in [4.69, 9.17) is 9.72 Å². The minimum atomic E-state index is 0.0755. The number of rotatable bonds is 5. The number of fused-ring (bicyclic) bond motifs is 2. The third kappa shape index (κ3) is 3.53. The van der Waals surface area contributed by atoms with Crippen LogP contribution >= 0.6 is 11.3 Å². The number of amides is 1. The molecule has 2 aliphatic rings. The molecule has 2 fully saturated rings. The minimum absolute atomic E-state index is 0.0755. The number of methoxy groups -OCH3 is 1. The number of carbonyl (C=O) groups is 1. The van der Waals surface area contributed by atoms with Crippen LogP contribution in [0.2, 0.25) is 0 Å². The van der Waals surface area contributed by atoms with E-state index >= 15 is 0 Å². The van der Waals surface area contributed by atoms with Crippen LogP contribution in [0.4, 0.5) is 0 Å². The van der Waals surface area contributed by atoms with Crippen molar-refractivity contribution in [3.05, 3.63) is 35.2 Å². The number of benzene rings is 1. The lowest BCUT2D eigenvalue weighted by molar-refractivity contribution is 0.0683. The van der Waals surface area contributed by atoms with Gasteiger partial charge in [-0.25, -0.2) is 4.98 Å². The van der Waals surface area contributed by atoms with Gasteiger partial charge in [0.15, 0.2) is 5.82 Å². The van der Waals surface area contributed by atoms with Crippen molar-refractivity contribution in [1.82, 2.24) is 19.0 Å². The summed E-state index contributed by atoms with van der Waals surface area (Å²) >= 11 is 1.79. The van der Waals surface area contributed by atoms with Gasteiger partial charge in [0.1, 0.15) is 16.1 Å². The molecular formula is C26H30N4O2S. The van der Waals surface area contributed by atoms with Crippen LogP contribution in [-0.2, 0) is 13.6 Å². The predicted octanol–water partition coefficient (Wildman–Crippen LogP) is 5.55. The van der Waals surface area contributed by atoms with Crippen LogP contribution in [0.1, 0.15) is 43.0 Å². The van der Waals surface area contributed by atoms with Crippen molar-refractivity contribution < 1.29 is 9.53 Å². The first-order valence-electron chi connectivity index (χ1n) is 11.9. The van der Waals surface area contributed by atoms with Crippen molar-refractivity contribution in [3.8, 4) is 17.3 Å². The Kier molecular flexibility index (Phi) is 4.98. The largest absolute Gasteiger partial charge is 0.494 e. The second-order valence-electron chi connectivity index (χ2n) is 9.80. The van der Waals surface area contributed by atoms with Gasteiger partial charge in [-0.15, -0.1) is 11.3 Å². The fourth-order valence-electron chi connectivity index (χ4n) is 5.28. The molecule has 0 bridgehead atoms. The molecule has 3 aromatic heterocycles. The van der Waals surface area contributed by atoms with Gasteiger partial charge in [0, 0.05) is 37.6 Å². The molecule has 7 heteroatoms. The number of hydrogen-bond donors (Lipinski definition) is 0. The van der Waals surface area contributed by atoms with Gasteiger partial charge in [-0.1, -0.05) is 6.92 Å². The summed E-state index contributed by atoms with van der Waals surface area (Å²) in [6.07, 6.45) is 4.87. The monoisotopic (exact) mass is 462 g/mol. The average Bonchev–Trinajstić information content (AvgIpc) is 3.26. The summed E-state index contributed by atoms with van der Waals surface area (Å²) in [4.78, 5) is 21.7. The Hall–Kier alpha value is -2.80. The number of likely N-dealkylation sites (tertiary alicyclic amines) is 1. The number of ether oxygens (including phenoxy) is 1. The summed E-state index contributed by atoms with van der Waals surface area (Å²) < 4.78 is 10.3. The Morgan fingerprint density at radius 1 is 1.24 bits per heavy atom. The normalized spacial score (nSPS) is 19.0. The number of imidazole rings is 1. The summed E-state index contributed by atoms with van der Waals surface area (Å²) in [5, 5.41) is 3.43. The van der Waals surface area contributed by atoms with Crippen LogP contribution in [0, 0.1) is 11.8 Å². The molecular weight excluding hydrogens is 432 g/mol. The molecule has 33 heavy (non-hydrogen) atoms. The molecule has 1 aliphatic heterocycles. The molecule has 4 heterocycles. The Labute approximate surface area is 197 Å². The summed E-state index contributed by atoms with van der Waals surface area (Å²) in [5.74, 6) is 3.00. The minimum Gasteiger partial charge on any atom is -0.494 e. The quantitative estimate of drug-likeness (QED) is 0.391. The number of carbonyl (C=O) groups excluding carboxylic acids is 1. The standard InChI is InChI=1S/C26H30N4O2S/c1-16-5-4-9-29(14-16)25(31)19-11-20-23(22(13-19)32-3)28(2)24(27-20)21-12-18-8-10-33-26(18)30(21)15-17-6-7-17/h8,10-13,16-17H,4-7,9,14-15H2,1-3H3/t16-/m1/s1. The van der Waals surface area contributed by atoms with Gasteiger partial charge >= 0.3 is 0 Å². The van der Waals surface area contributed by atoms with Gasteiger partial charge in [0.05, 0.1) is 18.3 Å². The zero-order valence-electron chi connectivity index (χ0n) is 19.5. The van der Waals surface area contributed by atoms with E-state index in [0.717, 1.165) is 54.5 Å². The van der Waals surface area contributed by atoms with Crippen molar-refractivity contribution >= 4 is 38.5 Å². The average molecular weight is 463 g/mol. The van der Waals surface area contributed by atoms with Crippen LogP contribution in [0.25, 0.3) is 32.8 Å². The maximum absolute atomic E-state index is 13.3. The van der Waals surface area contributed by atoms with Crippen molar-refractivity contribution in [2.75, 3.05) is 20.2 Å². The highest BCUT2D eigenvalue weighted by Gasteiger charge is 2.27. The SMILES string of the molecule is COc1cc(C(=O)N2CCC[C@@H](C)C2)cc2nc(-c3cc4ccsc4n3CC3CC3)n(C)c12. The highest BCUT2D eigenvalue weighted by atomic mass is 32.1. The van der Waals surface area contributed by atoms with E-state index in [1.54, 1.807) is 18.4 Å². The van der Waals surface area contributed by atoms with Gasteiger partial charge in [0.25, 0.3) is 5.91 Å². The molecule has 4 aromatic rings. The molecule has 0 N–H and O–H groups in total. The van der Waals surface area contributed by atoms with Crippen LogP contribution in [0.15, 0.2) is 29.6 Å². The van der Waals surface area contributed by atoms with Gasteiger partial charge in [0.2, 0.25) is 0 Å².